The van der Waals surface area contributed by atoms with Crippen LogP contribution in [0.5, 0.6) is 0 Å². The molecule has 3 rings (SSSR count). The Balaban J connectivity index is 1.69. The number of carbonyl (C=O) groups is 3. The number of fused-ring (bicyclic) bond motifs is 1. The molecular weight excluding hydrogens is 500 g/mol. The number of ether oxygens (including phenoxy) is 2. The second kappa shape index (κ2) is 13.5. The minimum atomic E-state index is -1.03. The van der Waals surface area contributed by atoms with Crippen LogP contribution in [0.3, 0.4) is 0 Å². The summed E-state index contributed by atoms with van der Waals surface area (Å²) in [6.07, 6.45) is 0.424. The van der Waals surface area contributed by atoms with Crippen molar-refractivity contribution in [2.45, 2.75) is 65.2 Å². The maximum absolute atomic E-state index is 13.4. The highest BCUT2D eigenvalue weighted by Crippen LogP contribution is 2.23. The number of rotatable bonds is 12. The van der Waals surface area contributed by atoms with Crippen molar-refractivity contribution in [2.24, 2.45) is 5.92 Å². The summed E-state index contributed by atoms with van der Waals surface area (Å²) in [6.45, 7) is 9.82. The SMILES string of the molecule is CCC(CC)[C@H](CNCC(=O)c1ccc2sccc2c1)OC(=O)C(NC(=O)OC(C)(C)C)c1ccccc1. The van der Waals surface area contributed by atoms with E-state index in [1.165, 1.54) is 0 Å². The van der Waals surface area contributed by atoms with E-state index in [9.17, 15) is 14.4 Å². The van der Waals surface area contributed by atoms with Crippen molar-refractivity contribution < 1.29 is 23.9 Å². The van der Waals surface area contributed by atoms with Gasteiger partial charge in [-0.05, 0) is 80.1 Å². The van der Waals surface area contributed by atoms with Crippen molar-refractivity contribution in [1.82, 2.24) is 10.6 Å². The summed E-state index contributed by atoms with van der Waals surface area (Å²) in [6, 6.07) is 15.6. The van der Waals surface area contributed by atoms with E-state index < -0.39 is 29.8 Å². The van der Waals surface area contributed by atoms with Crippen molar-refractivity contribution in [3.8, 4) is 0 Å². The molecule has 1 aromatic heterocycles. The molecule has 0 aliphatic carbocycles. The lowest BCUT2D eigenvalue weighted by Crippen LogP contribution is -2.43. The van der Waals surface area contributed by atoms with Crippen molar-refractivity contribution in [3.63, 3.8) is 0 Å². The first-order valence-electron chi connectivity index (χ1n) is 13.1. The van der Waals surface area contributed by atoms with Crippen LogP contribution in [0.2, 0.25) is 0 Å². The first kappa shape index (κ1) is 29.3. The largest absolute Gasteiger partial charge is 0.459 e. The van der Waals surface area contributed by atoms with Gasteiger partial charge in [-0.15, -0.1) is 11.3 Å². The summed E-state index contributed by atoms with van der Waals surface area (Å²) in [5.41, 5.74) is 0.529. The normalized spacial score (nSPS) is 13.2. The zero-order valence-corrected chi connectivity index (χ0v) is 23.6. The molecule has 7 nitrogen and oxygen atoms in total. The molecule has 8 heteroatoms. The molecule has 0 radical (unpaired) electrons. The number of thiophene rings is 1. The van der Waals surface area contributed by atoms with Gasteiger partial charge in [0, 0.05) is 16.8 Å². The van der Waals surface area contributed by atoms with Crippen LogP contribution in [0.1, 0.15) is 69.4 Å². The molecule has 0 saturated heterocycles. The van der Waals surface area contributed by atoms with Gasteiger partial charge in [0.2, 0.25) is 0 Å². The summed E-state index contributed by atoms with van der Waals surface area (Å²) < 4.78 is 12.5. The van der Waals surface area contributed by atoms with E-state index in [0.717, 1.165) is 22.9 Å². The fraction of sp³-hybridized carbons (Fsp3) is 0.433. The van der Waals surface area contributed by atoms with Gasteiger partial charge in [-0.3, -0.25) is 4.79 Å². The van der Waals surface area contributed by atoms with Crippen molar-refractivity contribution in [3.05, 3.63) is 71.1 Å². The van der Waals surface area contributed by atoms with Crippen LogP contribution in [0.25, 0.3) is 10.1 Å². The quantitative estimate of drug-likeness (QED) is 0.208. The number of hydrogen-bond donors (Lipinski definition) is 2. The molecule has 0 bridgehead atoms. The summed E-state index contributed by atoms with van der Waals surface area (Å²) in [5.74, 6) is -0.516. The van der Waals surface area contributed by atoms with E-state index in [-0.39, 0.29) is 18.2 Å². The monoisotopic (exact) mass is 538 g/mol. The first-order valence-corrected chi connectivity index (χ1v) is 13.9. The van der Waals surface area contributed by atoms with Gasteiger partial charge in [0.05, 0.1) is 6.54 Å². The first-order chi connectivity index (χ1) is 18.1. The molecule has 0 saturated carbocycles. The van der Waals surface area contributed by atoms with Crippen LogP contribution in [0.4, 0.5) is 4.79 Å². The van der Waals surface area contributed by atoms with E-state index in [2.05, 4.69) is 10.6 Å². The summed E-state index contributed by atoms with van der Waals surface area (Å²) in [7, 11) is 0. The molecule has 3 aromatic rings. The molecule has 38 heavy (non-hydrogen) atoms. The molecule has 204 valence electrons. The van der Waals surface area contributed by atoms with E-state index in [0.29, 0.717) is 17.7 Å². The maximum atomic E-state index is 13.4. The minimum absolute atomic E-state index is 0.0264. The van der Waals surface area contributed by atoms with E-state index >= 15 is 0 Å². The smallest absolute Gasteiger partial charge is 0.408 e. The number of Topliss-reactive ketones (excluding diaryl/α,β-unsaturated/α-hetero) is 1. The second-order valence-corrected chi connectivity index (χ2v) is 11.2. The minimum Gasteiger partial charge on any atom is -0.459 e. The van der Waals surface area contributed by atoms with Gasteiger partial charge >= 0.3 is 12.1 Å². The van der Waals surface area contributed by atoms with Gasteiger partial charge in [-0.2, -0.15) is 0 Å². The second-order valence-electron chi connectivity index (χ2n) is 10.3. The highest BCUT2D eigenvalue weighted by molar-refractivity contribution is 7.17. The Morgan fingerprint density at radius 3 is 2.34 bits per heavy atom. The number of benzene rings is 2. The highest BCUT2D eigenvalue weighted by atomic mass is 32.1. The number of carbonyl (C=O) groups excluding carboxylic acids is 3. The molecule has 2 N–H and O–H groups in total. The predicted molar refractivity (Wildman–Crippen MR) is 152 cm³/mol. The van der Waals surface area contributed by atoms with E-state index in [1.807, 2.05) is 49.6 Å². The highest BCUT2D eigenvalue weighted by Gasteiger charge is 2.31. The molecule has 0 fully saturated rings. The van der Waals surface area contributed by atoms with Crippen molar-refractivity contribution >= 4 is 39.3 Å². The summed E-state index contributed by atoms with van der Waals surface area (Å²) in [4.78, 5) is 38.8. The van der Waals surface area contributed by atoms with Crippen LogP contribution < -0.4 is 10.6 Å². The number of nitrogens with one attached hydrogen (secondary N) is 2. The zero-order chi connectivity index (χ0) is 27.7. The fourth-order valence-corrected chi connectivity index (χ4v) is 5.03. The maximum Gasteiger partial charge on any atom is 0.408 e. The van der Waals surface area contributed by atoms with Gasteiger partial charge in [-0.25, -0.2) is 9.59 Å². The Labute approximate surface area is 228 Å². The molecule has 1 unspecified atom stereocenters. The Hall–Kier alpha value is -3.23. The van der Waals surface area contributed by atoms with Crippen LogP contribution in [0.15, 0.2) is 60.0 Å². The molecule has 1 amide bonds. The van der Waals surface area contributed by atoms with Crippen LogP contribution in [-0.2, 0) is 14.3 Å². The third kappa shape index (κ3) is 8.39. The van der Waals surface area contributed by atoms with Gasteiger partial charge < -0.3 is 20.1 Å². The average molecular weight is 539 g/mol. The number of alkyl carbamates (subject to hydrolysis) is 1. The standard InChI is InChI=1S/C30H38N2O5S/c1-6-20(7-2)25(19-31-18-24(33)22-13-14-26-23(17-22)15-16-38-26)36-28(34)27(21-11-9-8-10-12-21)32-29(35)37-30(3,4)5/h8-17,20,25,27,31H,6-7,18-19H2,1-5H3,(H,32,35)/t25-,27?/m0/s1. The van der Waals surface area contributed by atoms with Crippen LogP contribution in [0, 0.1) is 5.92 Å². The van der Waals surface area contributed by atoms with Gasteiger partial charge in [0.15, 0.2) is 11.8 Å². The van der Waals surface area contributed by atoms with E-state index in [4.69, 9.17) is 9.47 Å². The van der Waals surface area contributed by atoms with Crippen molar-refractivity contribution in [1.29, 1.82) is 0 Å². The van der Waals surface area contributed by atoms with Crippen molar-refractivity contribution in [2.75, 3.05) is 13.1 Å². The molecule has 0 aliphatic heterocycles. The zero-order valence-electron chi connectivity index (χ0n) is 22.8. The lowest BCUT2D eigenvalue weighted by molar-refractivity contribution is -0.154. The molecule has 2 atom stereocenters. The lowest BCUT2D eigenvalue weighted by atomic mass is 9.96. The Morgan fingerprint density at radius 1 is 0.974 bits per heavy atom. The predicted octanol–water partition coefficient (Wildman–Crippen LogP) is 6.29. The van der Waals surface area contributed by atoms with E-state index in [1.54, 1.807) is 56.4 Å². The fourth-order valence-electron chi connectivity index (χ4n) is 4.26. The summed E-state index contributed by atoms with van der Waals surface area (Å²) in [5, 5.41) is 8.92. The molecular formula is C30H38N2O5S. The van der Waals surface area contributed by atoms with Crippen LogP contribution >= 0.6 is 11.3 Å². The number of hydrogen-bond acceptors (Lipinski definition) is 7. The third-order valence-corrected chi connectivity index (χ3v) is 7.18. The number of esters is 1. The topological polar surface area (TPSA) is 93.7 Å². The lowest BCUT2D eigenvalue weighted by Gasteiger charge is -2.28. The van der Waals surface area contributed by atoms with Gasteiger partial charge in [-0.1, -0.05) is 44.2 Å². The van der Waals surface area contributed by atoms with Gasteiger partial charge in [0.1, 0.15) is 11.7 Å². The third-order valence-electron chi connectivity index (χ3n) is 6.28. The molecule has 2 aromatic carbocycles. The molecule has 1 heterocycles. The average Bonchev–Trinajstić information content (AvgIpc) is 3.35. The Kier molecular flexibility index (Phi) is 10.4. The molecule has 0 spiro atoms. The Bertz CT molecular complexity index is 1210. The molecule has 0 aliphatic rings. The number of amides is 1. The van der Waals surface area contributed by atoms with Gasteiger partial charge in [0.25, 0.3) is 0 Å². The Morgan fingerprint density at radius 2 is 1.68 bits per heavy atom. The summed E-state index contributed by atoms with van der Waals surface area (Å²) >= 11 is 1.64. The van der Waals surface area contributed by atoms with Crippen LogP contribution in [-0.4, -0.2) is 42.6 Å². The number of ketones is 1.